The van der Waals surface area contributed by atoms with Crippen LogP contribution in [0.15, 0.2) is 18.3 Å². The van der Waals surface area contributed by atoms with E-state index in [2.05, 4.69) is 10.1 Å². The standard InChI is InChI=1S/C9H8N4O2/c14-13(15)7-2-1-5-12-9(7)10-8(11-12)6-3-4-6/h1-2,5-6H,3-4H2. The van der Waals surface area contributed by atoms with E-state index in [-0.39, 0.29) is 5.69 Å². The summed E-state index contributed by atoms with van der Waals surface area (Å²) < 4.78 is 1.48. The predicted octanol–water partition coefficient (Wildman–Crippen LogP) is 1.51. The van der Waals surface area contributed by atoms with Crippen LogP contribution in [0.4, 0.5) is 5.69 Å². The molecule has 0 spiro atoms. The summed E-state index contributed by atoms with van der Waals surface area (Å²) in [6, 6.07) is 3.05. The fourth-order valence-electron chi connectivity index (χ4n) is 1.57. The Morgan fingerprint density at radius 2 is 2.33 bits per heavy atom. The molecule has 3 rings (SSSR count). The Kier molecular flexibility index (Phi) is 1.53. The first-order valence-electron chi connectivity index (χ1n) is 4.75. The highest BCUT2D eigenvalue weighted by molar-refractivity contribution is 5.58. The molecule has 0 atom stereocenters. The van der Waals surface area contributed by atoms with Crippen molar-refractivity contribution >= 4 is 11.3 Å². The molecule has 2 heterocycles. The van der Waals surface area contributed by atoms with Gasteiger partial charge < -0.3 is 0 Å². The lowest BCUT2D eigenvalue weighted by atomic mass is 10.4. The average Bonchev–Trinajstić information content (AvgIpc) is 2.96. The molecule has 6 heteroatoms. The Morgan fingerprint density at radius 1 is 1.53 bits per heavy atom. The zero-order valence-electron chi connectivity index (χ0n) is 7.83. The van der Waals surface area contributed by atoms with Crippen LogP contribution in [0.2, 0.25) is 0 Å². The summed E-state index contributed by atoms with van der Waals surface area (Å²) in [4.78, 5) is 14.5. The van der Waals surface area contributed by atoms with Crippen LogP contribution in [-0.4, -0.2) is 19.5 Å². The zero-order chi connectivity index (χ0) is 10.4. The number of pyridine rings is 1. The van der Waals surface area contributed by atoms with Gasteiger partial charge in [-0.1, -0.05) is 0 Å². The third-order valence-electron chi connectivity index (χ3n) is 2.50. The molecular weight excluding hydrogens is 196 g/mol. The van der Waals surface area contributed by atoms with Gasteiger partial charge in [-0.25, -0.2) is 9.50 Å². The molecule has 2 aromatic rings. The summed E-state index contributed by atoms with van der Waals surface area (Å²) >= 11 is 0. The van der Waals surface area contributed by atoms with Gasteiger partial charge in [0.15, 0.2) is 5.82 Å². The molecule has 15 heavy (non-hydrogen) atoms. The Morgan fingerprint density at radius 3 is 3.00 bits per heavy atom. The monoisotopic (exact) mass is 204 g/mol. The maximum atomic E-state index is 10.7. The van der Waals surface area contributed by atoms with Gasteiger partial charge in [-0.2, -0.15) is 5.10 Å². The first-order chi connectivity index (χ1) is 7.25. The Bertz CT molecular complexity index is 544. The molecule has 1 aliphatic carbocycles. The van der Waals surface area contributed by atoms with Gasteiger partial charge in [-0.15, -0.1) is 0 Å². The van der Waals surface area contributed by atoms with E-state index in [1.165, 1.54) is 10.6 Å². The van der Waals surface area contributed by atoms with Crippen molar-refractivity contribution in [1.29, 1.82) is 0 Å². The van der Waals surface area contributed by atoms with Crippen LogP contribution in [0.3, 0.4) is 0 Å². The number of hydrogen-bond donors (Lipinski definition) is 0. The van der Waals surface area contributed by atoms with Crippen molar-refractivity contribution in [3.05, 3.63) is 34.3 Å². The summed E-state index contributed by atoms with van der Waals surface area (Å²) in [6.45, 7) is 0. The van der Waals surface area contributed by atoms with Crippen LogP contribution in [-0.2, 0) is 0 Å². The summed E-state index contributed by atoms with van der Waals surface area (Å²) in [5.41, 5.74) is 0.348. The van der Waals surface area contributed by atoms with Crippen LogP contribution in [0.5, 0.6) is 0 Å². The van der Waals surface area contributed by atoms with E-state index < -0.39 is 4.92 Å². The molecule has 6 nitrogen and oxygen atoms in total. The lowest BCUT2D eigenvalue weighted by Gasteiger charge is -1.91. The van der Waals surface area contributed by atoms with E-state index in [9.17, 15) is 10.1 Å². The SMILES string of the molecule is O=[N+]([O-])c1cccn2nc(C3CC3)nc12. The summed E-state index contributed by atoms with van der Waals surface area (Å²) in [7, 11) is 0. The van der Waals surface area contributed by atoms with E-state index >= 15 is 0 Å². The molecule has 0 amide bonds. The van der Waals surface area contributed by atoms with Crippen LogP contribution in [0.1, 0.15) is 24.6 Å². The second-order valence-electron chi connectivity index (χ2n) is 3.66. The second-order valence-corrected chi connectivity index (χ2v) is 3.66. The minimum absolute atomic E-state index is 0.0110. The third-order valence-corrected chi connectivity index (χ3v) is 2.50. The third kappa shape index (κ3) is 1.25. The van der Waals surface area contributed by atoms with Gasteiger partial charge in [0.25, 0.3) is 0 Å². The van der Waals surface area contributed by atoms with E-state index in [1.54, 1.807) is 12.3 Å². The minimum Gasteiger partial charge on any atom is -0.258 e. The van der Waals surface area contributed by atoms with Crippen molar-refractivity contribution in [2.24, 2.45) is 0 Å². The lowest BCUT2D eigenvalue weighted by molar-refractivity contribution is -0.383. The highest BCUT2D eigenvalue weighted by Gasteiger charge is 2.29. The largest absolute Gasteiger partial charge is 0.313 e. The van der Waals surface area contributed by atoms with Crippen LogP contribution in [0.25, 0.3) is 5.65 Å². The summed E-state index contributed by atoms with van der Waals surface area (Å²) in [5, 5.41) is 15.0. The number of rotatable bonds is 2. The molecule has 0 radical (unpaired) electrons. The number of nitro groups is 1. The van der Waals surface area contributed by atoms with Crippen molar-refractivity contribution in [2.45, 2.75) is 18.8 Å². The molecule has 0 bridgehead atoms. The summed E-state index contributed by atoms with van der Waals surface area (Å²) in [5.74, 6) is 1.13. The fourth-order valence-corrected chi connectivity index (χ4v) is 1.57. The number of aromatic nitrogens is 3. The van der Waals surface area contributed by atoms with Gasteiger partial charge in [-0.05, 0) is 18.9 Å². The lowest BCUT2D eigenvalue weighted by Crippen LogP contribution is -1.93. The Hall–Kier alpha value is -1.98. The van der Waals surface area contributed by atoms with E-state index in [0.29, 0.717) is 11.6 Å². The molecule has 0 saturated heterocycles. The topological polar surface area (TPSA) is 73.3 Å². The maximum Gasteiger partial charge on any atom is 0.313 e. The normalized spacial score (nSPS) is 15.7. The Labute approximate surface area is 84.7 Å². The van der Waals surface area contributed by atoms with Gasteiger partial charge in [0.2, 0.25) is 5.65 Å². The molecule has 0 unspecified atom stereocenters. The first kappa shape index (κ1) is 8.34. The molecule has 1 aliphatic rings. The maximum absolute atomic E-state index is 10.7. The van der Waals surface area contributed by atoms with Crippen LogP contribution >= 0.6 is 0 Å². The molecule has 2 aromatic heterocycles. The summed E-state index contributed by atoms with van der Waals surface area (Å²) in [6.07, 6.45) is 3.86. The van der Waals surface area contributed by atoms with E-state index in [0.717, 1.165) is 18.7 Å². The zero-order valence-corrected chi connectivity index (χ0v) is 7.83. The first-order valence-corrected chi connectivity index (χ1v) is 4.75. The van der Waals surface area contributed by atoms with Crippen molar-refractivity contribution in [3.63, 3.8) is 0 Å². The average molecular weight is 204 g/mol. The fraction of sp³-hybridized carbons (Fsp3) is 0.333. The van der Waals surface area contributed by atoms with E-state index in [4.69, 9.17) is 0 Å². The van der Waals surface area contributed by atoms with Crippen molar-refractivity contribution in [2.75, 3.05) is 0 Å². The van der Waals surface area contributed by atoms with Crippen LogP contribution in [0, 0.1) is 10.1 Å². The number of fused-ring (bicyclic) bond motifs is 1. The van der Waals surface area contributed by atoms with Crippen molar-refractivity contribution in [1.82, 2.24) is 14.6 Å². The molecule has 1 saturated carbocycles. The molecule has 0 N–H and O–H groups in total. The minimum atomic E-state index is -0.430. The molecule has 0 aliphatic heterocycles. The highest BCUT2D eigenvalue weighted by Crippen LogP contribution is 2.38. The van der Waals surface area contributed by atoms with Gasteiger partial charge >= 0.3 is 5.69 Å². The molecule has 0 aromatic carbocycles. The van der Waals surface area contributed by atoms with Crippen molar-refractivity contribution < 1.29 is 4.92 Å². The van der Waals surface area contributed by atoms with Gasteiger partial charge in [0.1, 0.15) is 0 Å². The van der Waals surface area contributed by atoms with Crippen LogP contribution < -0.4 is 0 Å². The number of hydrogen-bond acceptors (Lipinski definition) is 4. The van der Waals surface area contributed by atoms with Crippen molar-refractivity contribution in [3.8, 4) is 0 Å². The van der Waals surface area contributed by atoms with Gasteiger partial charge in [0.05, 0.1) is 4.92 Å². The van der Waals surface area contributed by atoms with Gasteiger partial charge in [0, 0.05) is 18.2 Å². The quantitative estimate of drug-likeness (QED) is 0.549. The van der Waals surface area contributed by atoms with E-state index in [1.807, 2.05) is 0 Å². The highest BCUT2D eigenvalue weighted by atomic mass is 16.6. The number of nitrogens with zero attached hydrogens (tertiary/aromatic N) is 4. The predicted molar refractivity (Wildman–Crippen MR) is 51.6 cm³/mol. The van der Waals surface area contributed by atoms with Gasteiger partial charge in [-0.3, -0.25) is 10.1 Å². The molecular formula is C9H8N4O2. The second kappa shape index (κ2) is 2.75. The molecule has 76 valence electrons. The smallest absolute Gasteiger partial charge is 0.258 e. The Balaban J connectivity index is 2.23. The molecule has 1 fully saturated rings.